The van der Waals surface area contributed by atoms with Crippen molar-refractivity contribution in [2.45, 2.75) is 33.9 Å². The number of ether oxygens (including phenoxy) is 1. The van der Waals surface area contributed by atoms with Crippen LogP contribution in [0, 0.1) is 20.8 Å². The lowest BCUT2D eigenvalue weighted by molar-refractivity contribution is -0.119. The van der Waals surface area contributed by atoms with E-state index in [4.69, 9.17) is 9.15 Å². The Morgan fingerprint density at radius 1 is 1.06 bits per heavy atom. The second-order valence-electron chi connectivity index (χ2n) is 8.55. The molecule has 0 bridgehead atoms. The molecule has 0 radical (unpaired) electrons. The maximum Gasteiger partial charge on any atom is 0.251 e. The van der Waals surface area contributed by atoms with Crippen molar-refractivity contribution >= 4 is 17.5 Å². The molecule has 0 saturated carbocycles. The van der Waals surface area contributed by atoms with E-state index >= 15 is 0 Å². The molecule has 0 unspecified atom stereocenters. The molecule has 2 N–H and O–H groups in total. The quantitative estimate of drug-likeness (QED) is 0.369. The van der Waals surface area contributed by atoms with Crippen molar-refractivity contribution in [1.82, 2.24) is 20.1 Å². The zero-order chi connectivity index (χ0) is 25.7. The number of rotatable bonds is 9. The molecule has 36 heavy (non-hydrogen) atoms. The Hall–Kier alpha value is -4.24. The molecular formula is C27H29N5O4. The SMILES string of the molecule is COCC(=O)Nc1cccc(-c2nc(CNC(=O)c3cccc(Cn4nc(C)cc4C)c3)c(C)o2)c1. The number of hydrogen-bond donors (Lipinski definition) is 2. The van der Waals surface area contributed by atoms with E-state index in [1.165, 1.54) is 7.11 Å². The lowest BCUT2D eigenvalue weighted by Crippen LogP contribution is -2.23. The van der Waals surface area contributed by atoms with E-state index in [0.29, 0.717) is 40.7 Å². The number of aromatic nitrogens is 3. The van der Waals surface area contributed by atoms with Gasteiger partial charge in [-0.3, -0.25) is 14.3 Å². The molecule has 2 aromatic carbocycles. The Labute approximate surface area is 209 Å². The molecule has 0 atom stereocenters. The number of nitrogens with one attached hydrogen (secondary N) is 2. The summed E-state index contributed by atoms with van der Waals surface area (Å²) >= 11 is 0. The Bertz CT molecular complexity index is 1390. The summed E-state index contributed by atoms with van der Waals surface area (Å²) in [5, 5.41) is 10.2. The molecule has 186 valence electrons. The Morgan fingerprint density at radius 3 is 2.61 bits per heavy atom. The van der Waals surface area contributed by atoms with Gasteiger partial charge in [-0.25, -0.2) is 4.98 Å². The van der Waals surface area contributed by atoms with Gasteiger partial charge in [-0.1, -0.05) is 18.2 Å². The number of methoxy groups -OCH3 is 1. The predicted octanol–water partition coefficient (Wildman–Crippen LogP) is 4.03. The third-order valence-electron chi connectivity index (χ3n) is 5.60. The smallest absolute Gasteiger partial charge is 0.251 e. The average Bonchev–Trinajstić information content (AvgIpc) is 3.38. The molecule has 0 saturated heterocycles. The summed E-state index contributed by atoms with van der Waals surface area (Å²) < 4.78 is 12.6. The number of aryl methyl sites for hydroxylation is 3. The molecule has 0 fully saturated rings. The van der Waals surface area contributed by atoms with Crippen LogP contribution in [0.3, 0.4) is 0 Å². The van der Waals surface area contributed by atoms with Gasteiger partial charge in [-0.2, -0.15) is 5.10 Å². The highest BCUT2D eigenvalue weighted by Crippen LogP contribution is 2.24. The van der Waals surface area contributed by atoms with Crippen LogP contribution in [-0.4, -0.2) is 40.3 Å². The highest BCUT2D eigenvalue weighted by molar-refractivity contribution is 5.94. The van der Waals surface area contributed by atoms with Crippen LogP contribution in [0.1, 0.15) is 38.8 Å². The van der Waals surface area contributed by atoms with Crippen molar-refractivity contribution in [3.8, 4) is 11.5 Å². The summed E-state index contributed by atoms with van der Waals surface area (Å²) in [6.45, 7) is 6.56. The number of hydrogen-bond acceptors (Lipinski definition) is 6. The predicted molar refractivity (Wildman–Crippen MR) is 136 cm³/mol. The lowest BCUT2D eigenvalue weighted by atomic mass is 10.1. The van der Waals surface area contributed by atoms with E-state index in [1.807, 2.05) is 48.9 Å². The minimum absolute atomic E-state index is 0.0301. The van der Waals surface area contributed by atoms with E-state index in [9.17, 15) is 9.59 Å². The molecule has 4 rings (SSSR count). The summed E-state index contributed by atoms with van der Waals surface area (Å²) in [5.41, 5.74) is 5.55. The summed E-state index contributed by atoms with van der Waals surface area (Å²) in [7, 11) is 1.46. The van der Waals surface area contributed by atoms with E-state index in [0.717, 1.165) is 17.0 Å². The molecular weight excluding hydrogens is 458 g/mol. The Kier molecular flexibility index (Phi) is 7.60. The van der Waals surface area contributed by atoms with E-state index in [-0.39, 0.29) is 25.0 Å². The first-order chi connectivity index (χ1) is 17.3. The highest BCUT2D eigenvalue weighted by Gasteiger charge is 2.14. The van der Waals surface area contributed by atoms with Crippen molar-refractivity contribution in [3.63, 3.8) is 0 Å². The van der Waals surface area contributed by atoms with Crippen molar-refractivity contribution in [2.24, 2.45) is 0 Å². The molecule has 0 aliphatic carbocycles. The van der Waals surface area contributed by atoms with Crippen LogP contribution < -0.4 is 10.6 Å². The van der Waals surface area contributed by atoms with Gasteiger partial charge in [-0.15, -0.1) is 0 Å². The number of carbonyl (C=O) groups is 2. The zero-order valence-corrected chi connectivity index (χ0v) is 20.8. The van der Waals surface area contributed by atoms with Crippen molar-refractivity contribution in [3.05, 3.63) is 88.6 Å². The van der Waals surface area contributed by atoms with Crippen molar-refractivity contribution in [2.75, 3.05) is 19.0 Å². The maximum absolute atomic E-state index is 12.8. The molecule has 0 aliphatic rings. The van der Waals surface area contributed by atoms with Gasteiger partial charge < -0.3 is 19.8 Å². The normalized spacial score (nSPS) is 10.9. The first-order valence-corrected chi connectivity index (χ1v) is 11.6. The third-order valence-corrected chi connectivity index (χ3v) is 5.60. The number of carbonyl (C=O) groups excluding carboxylic acids is 2. The fraction of sp³-hybridized carbons (Fsp3) is 0.259. The molecule has 4 aromatic rings. The number of amides is 2. The van der Waals surface area contributed by atoms with Gasteiger partial charge in [0.1, 0.15) is 18.1 Å². The van der Waals surface area contributed by atoms with E-state index in [1.54, 1.807) is 31.2 Å². The summed E-state index contributed by atoms with van der Waals surface area (Å²) in [6, 6.07) is 16.7. The first kappa shape index (κ1) is 24.9. The van der Waals surface area contributed by atoms with Crippen LogP contribution in [0.4, 0.5) is 5.69 Å². The number of oxazole rings is 1. The molecule has 0 aliphatic heterocycles. The monoisotopic (exact) mass is 487 g/mol. The molecule has 2 heterocycles. The number of nitrogens with zero attached hydrogens (tertiary/aromatic N) is 3. The van der Waals surface area contributed by atoms with E-state index in [2.05, 4.69) is 20.7 Å². The fourth-order valence-corrected chi connectivity index (χ4v) is 3.86. The molecule has 9 heteroatoms. The van der Waals surface area contributed by atoms with Crippen LogP contribution in [0.15, 0.2) is 59.0 Å². The average molecular weight is 488 g/mol. The minimum atomic E-state index is -0.249. The minimum Gasteiger partial charge on any atom is -0.441 e. The molecule has 0 spiro atoms. The van der Waals surface area contributed by atoms with Gasteiger partial charge in [0, 0.05) is 29.6 Å². The summed E-state index contributed by atoms with van der Waals surface area (Å²) in [4.78, 5) is 29.2. The molecule has 9 nitrogen and oxygen atoms in total. The van der Waals surface area contributed by atoms with Crippen LogP contribution in [0.5, 0.6) is 0 Å². The van der Waals surface area contributed by atoms with Gasteiger partial charge in [0.05, 0.1) is 18.8 Å². The Balaban J connectivity index is 1.41. The van der Waals surface area contributed by atoms with Gasteiger partial charge in [0.25, 0.3) is 5.91 Å². The van der Waals surface area contributed by atoms with Crippen LogP contribution in [0.25, 0.3) is 11.5 Å². The largest absolute Gasteiger partial charge is 0.441 e. The summed E-state index contributed by atoms with van der Waals surface area (Å²) in [6.07, 6.45) is 0. The standard InChI is InChI=1S/C27H29N5O4/c1-17-11-18(2)32(31-17)15-20-7-5-8-21(12-20)26(34)28-14-24-19(3)36-27(30-24)22-9-6-10-23(13-22)29-25(33)16-35-4/h5-13H,14-16H2,1-4H3,(H,28,34)(H,29,33). The highest BCUT2D eigenvalue weighted by atomic mass is 16.5. The second-order valence-corrected chi connectivity index (χ2v) is 8.55. The van der Waals surface area contributed by atoms with Gasteiger partial charge in [-0.05, 0) is 62.7 Å². The number of benzene rings is 2. The number of anilines is 1. The second kappa shape index (κ2) is 11.0. The lowest BCUT2D eigenvalue weighted by Gasteiger charge is -2.08. The molecule has 2 aromatic heterocycles. The third kappa shape index (κ3) is 6.05. The maximum atomic E-state index is 12.8. The van der Waals surface area contributed by atoms with E-state index < -0.39 is 0 Å². The van der Waals surface area contributed by atoms with Crippen molar-refractivity contribution < 1.29 is 18.7 Å². The molecule has 2 amide bonds. The van der Waals surface area contributed by atoms with Crippen LogP contribution in [0.2, 0.25) is 0 Å². The first-order valence-electron chi connectivity index (χ1n) is 11.6. The topological polar surface area (TPSA) is 111 Å². The van der Waals surface area contributed by atoms with Gasteiger partial charge >= 0.3 is 0 Å². The zero-order valence-electron chi connectivity index (χ0n) is 20.8. The Morgan fingerprint density at radius 2 is 1.86 bits per heavy atom. The van der Waals surface area contributed by atoms with Crippen LogP contribution >= 0.6 is 0 Å². The van der Waals surface area contributed by atoms with Crippen LogP contribution in [-0.2, 0) is 22.6 Å². The summed E-state index contributed by atoms with van der Waals surface area (Å²) in [5.74, 6) is 0.571. The fourth-order valence-electron chi connectivity index (χ4n) is 3.86. The van der Waals surface area contributed by atoms with Crippen molar-refractivity contribution in [1.29, 1.82) is 0 Å². The van der Waals surface area contributed by atoms with Gasteiger partial charge in [0.2, 0.25) is 11.8 Å². The van der Waals surface area contributed by atoms with Gasteiger partial charge in [0.15, 0.2) is 0 Å².